The molecule has 5 nitrogen and oxygen atoms in total. The Morgan fingerprint density at radius 1 is 1.39 bits per heavy atom. The maximum atomic E-state index is 9.48. The minimum atomic E-state index is -1.95. The van der Waals surface area contributed by atoms with E-state index in [1.165, 1.54) is 0 Å². The Kier molecular flexibility index (Phi) is 4.51. The molecule has 18 heavy (non-hydrogen) atoms. The van der Waals surface area contributed by atoms with Crippen LogP contribution < -0.4 is 0 Å². The SMILES string of the molecule is C[Si](C)(C)OC(C#N)(CN=[N+]=[N-])c1ccccc1. The molecule has 0 aromatic heterocycles. The van der Waals surface area contributed by atoms with Gasteiger partial charge in [0.2, 0.25) is 0 Å². The number of benzene rings is 1. The Morgan fingerprint density at radius 2 is 2.00 bits per heavy atom. The average Bonchev–Trinajstić information content (AvgIpc) is 2.34. The van der Waals surface area contributed by atoms with Crippen LogP contribution in [0.1, 0.15) is 5.56 Å². The van der Waals surface area contributed by atoms with E-state index in [1.807, 2.05) is 50.0 Å². The highest BCUT2D eigenvalue weighted by atomic mass is 28.4. The molecule has 1 rings (SSSR count). The number of hydrogen-bond donors (Lipinski definition) is 0. The second kappa shape index (κ2) is 5.69. The molecule has 1 unspecified atom stereocenters. The van der Waals surface area contributed by atoms with Crippen LogP contribution in [0.3, 0.4) is 0 Å². The van der Waals surface area contributed by atoms with E-state index in [4.69, 9.17) is 9.96 Å². The summed E-state index contributed by atoms with van der Waals surface area (Å²) in [6, 6.07) is 11.3. The van der Waals surface area contributed by atoms with Gasteiger partial charge < -0.3 is 4.43 Å². The molecular weight excluding hydrogens is 244 g/mol. The molecule has 0 aliphatic carbocycles. The lowest BCUT2D eigenvalue weighted by molar-refractivity contribution is 0.128. The summed E-state index contributed by atoms with van der Waals surface area (Å²) in [5.41, 5.74) is 8.02. The highest BCUT2D eigenvalue weighted by Crippen LogP contribution is 2.29. The van der Waals surface area contributed by atoms with Gasteiger partial charge in [-0.2, -0.15) is 5.26 Å². The minimum absolute atomic E-state index is 0.0196. The molecule has 1 aromatic carbocycles. The fourth-order valence-electron chi connectivity index (χ4n) is 1.67. The van der Waals surface area contributed by atoms with Gasteiger partial charge in [-0.05, 0) is 30.7 Å². The summed E-state index contributed by atoms with van der Waals surface area (Å²) in [6.07, 6.45) is 0. The van der Waals surface area contributed by atoms with Crippen LogP contribution >= 0.6 is 0 Å². The lowest BCUT2D eigenvalue weighted by Crippen LogP contribution is -2.41. The van der Waals surface area contributed by atoms with Gasteiger partial charge in [0.1, 0.15) is 6.07 Å². The van der Waals surface area contributed by atoms with Crippen molar-refractivity contribution in [2.24, 2.45) is 5.11 Å². The van der Waals surface area contributed by atoms with Crippen LogP contribution in [0.2, 0.25) is 19.6 Å². The fraction of sp³-hybridized carbons (Fsp3) is 0.417. The van der Waals surface area contributed by atoms with Crippen LogP contribution in [0.15, 0.2) is 35.4 Å². The first kappa shape index (κ1) is 14.3. The molecule has 0 heterocycles. The van der Waals surface area contributed by atoms with Gasteiger partial charge >= 0.3 is 0 Å². The molecule has 0 N–H and O–H groups in total. The van der Waals surface area contributed by atoms with E-state index in [9.17, 15) is 5.26 Å². The summed E-state index contributed by atoms with van der Waals surface area (Å²) in [4.78, 5) is 2.73. The summed E-state index contributed by atoms with van der Waals surface area (Å²) in [7, 11) is -1.95. The lowest BCUT2D eigenvalue weighted by Gasteiger charge is -2.32. The predicted molar refractivity (Wildman–Crippen MR) is 72.2 cm³/mol. The van der Waals surface area contributed by atoms with Crippen molar-refractivity contribution in [3.63, 3.8) is 0 Å². The molecule has 0 bridgehead atoms. The molecule has 0 aliphatic heterocycles. The number of rotatable bonds is 5. The topological polar surface area (TPSA) is 81.8 Å². The van der Waals surface area contributed by atoms with Gasteiger partial charge in [-0.1, -0.05) is 35.4 Å². The summed E-state index contributed by atoms with van der Waals surface area (Å²) in [6.45, 7) is 5.97. The van der Waals surface area contributed by atoms with E-state index < -0.39 is 13.9 Å². The molecule has 0 fully saturated rings. The summed E-state index contributed by atoms with van der Waals surface area (Å²) in [5.74, 6) is 0. The maximum absolute atomic E-state index is 9.48. The van der Waals surface area contributed by atoms with E-state index in [1.54, 1.807) is 0 Å². The smallest absolute Gasteiger partial charge is 0.186 e. The van der Waals surface area contributed by atoms with Gasteiger partial charge in [0.25, 0.3) is 0 Å². The molecule has 0 aliphatic rings. The number of azide groups is 1. The first-order chi connectivity index (χ1) is 8.43. The number of nitriles is 1. The Bertz CT molecular complexity index is 485. The van der Waals surface area contributed by atoms with E-state index in [0.29, 0.717) is 0 Å². The van der Waals surface area contributed by atoms with Crippen LogP contribution in [-0.2, 0) is 10.0 Å². The molecule has 0 saturated heterocycles. The van der Waals surface area contributed by atoms with Crippen LogP contribution in [0, 0.1) is 11.3 Å². The molecule has 0 spiro atoms. The van der Waals surface area contributed by atoms with Crippen LogP contribution in [-0.4, -0.2) is 14.9 Å². The Labute approximate surface area is 108 Å². The van der Waals surface area contributed by atoms with Gasteiger partial charge in [-0.15, -0.1) is 0 Å². The predicted octanol–water partition coefficient (Wildman–Crippen LogP) is 3.57. The van der Waals surface area contributed by atoms with Crippen molar-refractivity contribution in [3.8, 4) is 6.07 Å². The second-order valence-corrected chi connectivity index (χ2v) is 9.34. The maximum Gasteiger partial charge on any atom is 0.186 e. The average molecular weight is 260 g/mol. The zero-order chi connectivity index (χ0) is 13.6. The van der Waals surface area contributed by atoms with Crippen molar-refractivity contribution < 1.29 is 4.43 Å². The Balaban J connectivity index is 3.23. The molecular formula is C12H16N4OSi. The van der Waals surface area contributed by atoms with E-state index in [-0.39, 0.29) is 6.54 Å². The van der Waals surface area contributed by atoms with Crippen LogP contribution in [0.4, 0.5) is 0 Å². The van der Waals surface area contributed by atoms with Crippen LogP contribution in [0.25, 0.3) is 10.4 Å². The largest absolute Gasteiger partial charge is 0.396 e. The summed E-state index contributed by atoms with van der Waals surface area (Å²) < 4.78 is 5.98. The van der Waals surface area contributed by atoms with Crippen LogP contribution in [0.5, 0.6) is 0 Å². The van der Waals surface area contributed by atoms with Gasteiger partial charge in [-0.25, -0.2) is 0 Å². The summed E-state index contributed by atoms with van der Waals surface area (Å²) in [5, 5.41) is 13.0. The Hall–Kier alpha value is -1.80. The highest BCUT2D eigenvalue weighted by Gasteiger charge is 2.37. The van der Waals surface area contributed by atoms with E-state index >= 15 is 0 Å². The molecule has 1 aromatic rings. The zero-order valence-corrected chi connectivity index (χ0v) is 11.8. The molecule has 0 saturated carbocycles. The molecule has 94 valence electrons. The number of nitrogens with zero attached hydrogens (tertiary/aromatic N) is 4. The quantitative estimate of drug-likeness (QED) is 0.351. The third kappa shape index (κ3) is 3.60. The van der Waals surface area contributed by atoms with Gasteiger partial charge in [0, 0.05) is 4.91 Å². The standard InChI is InChI=1S/C12H16N4OSi/c1-18(2,3)17-12(9-13,10-15-16-14)11-7-5-4-6-8-11/h4-8H,10H2,1-3H3. The first-order valence-corrected chi connectivity index (χ1v) is 9.02. The molecule has 6 heteroatoms. The summed E-state index contributed by atoms with van der Waals surface area (Å²) >= 11 is 0. The Morgan fingerprint density at radius 3 is 2.44 bits per heavy atom. The lowest BCUT2D eigenvalue weighted by atomic mass is 9.96. The second-order valence-electron chi connectivity index (χ2n) is 4.91. The zero-order valence-electron chi connectivity index (χ0n) is 10.8. The first-order valence-electron chi connectivity index (χ1n) is 5.61. The van der Waals surface area contributed by atoms with E-state index in [2.05, 4.69) is 16.1 Å². The van der Waals surface area contributed by atoms with E-state index in [0.717, 1.165) is 5.56 Å². The fourth-order valence-corrected chi connectivity index (χ4v) is 2.94. The molecule has 0 radical (unpaired) electrons. The van der Waals surface area contributed by atoms with Crippen molar-refractivity contribution in [1.29, 1.82) is 5.26 Å². The highest BCUT2D eigenvalue weighted by molar-refractivity contribution is 6.69. The number of hydrogen-bond acceptors (Lipinski definition) is 3. The van der Waals surface area contributed by atoms with Gasteiger partial charge in [-0.3, -0.25) is 0 Å². The van der Waals surface area contributed by atoms with Gasteiger partial charge in [0.05, 0.1) is 6.54 Å². The van der Waals surface area contributed by atoms with Gasteiger partial charge in [0.15, 0.2) is 13.9 Å². The normalized spacial score (nSPS) is 14.1. The van der Waals surface area contributed by atoms with Crippen molar-refractivity contribution in [2.75, 3.05) is 6.54 Å². The van der Waals surface area contributed by atoms with Crippen molar-refractivity contribution in [1.82, 2.24) is 0 Å². The monoisotopic (exact) mass is 260 g/mol. The van der Waals surface area contributed by atoms with Crippen molar-refractivity contribution >= 4 is 8.32 Å². The minimum Gasteiger partial charge on any atom is -0.396 e. The third-order valence-corrected chi connectivity index (χ3v) is 3.22. The molecule has 0 amide bonds. The van der Waals surface area contributed by atoms with Crippen molar-refractivity contribution in [3.05, 3.63) is 46.3 Å². The molecule has 1 atom stereocenters. The third-order valence-electron chi connectivity index (χ3n) is 2.26. The van der Waals surface area contributed by atoms with Crippen molar-refractivity contribution in [2.45, 2.75) is 25.2 Å².